The number of carbonyl (C=O) groups is 2. The molecule has 4 saturated carbocycles. The van der Waals surface area contributed by atoms with Crippen molar-refractivity contribution in [3.05, 3.63) is 23.3 Å². The monoisotopic (exact) mass is 680 g/mol. The molecular weight excluding hydrogens is 625 g/mol. The first-order valence-electron chi connectivity index (χ1n) is 17.2. The van der Waals surface area contributed by atoms with E-state index < -0.39 is 63.3 Å². The van der Waals surface area contributed by atoms with Crippen molar-refractivity contribution in [3.8, 4) is 0 Å². The van der Waals surface area contributed by atoms with Gasteiger partial charge in [-0.05, 0) is 94.3 Å². The molecule has 0 aromatic heterocycles. The number of allylic oxidation sites excluding steroid dienone is 2. The molecule has 0 spiro atoms. The maximum absolute atomic E-state index is 13.0. The molecule has 0 aliphatic heterocycles. The summed E-state index contributed by atoms with van der Waals surface area (Å²) in [4.78, 5) is 24.2. The Hall–Kier alpha value is -1.04. The predicted octanol–water partition coefficient (Wildman–Crippen LogP) is 5.03. The van der Waals surface area contributed by atoms with Gasteiger partial charge in [-0.2, -0.15) is 12.6 Å². The Morgan fingerprint density at radius 3 is 2.35 bits per heavy atom. The minimum atomic E-state index is -1.72. The number of aliphatic hydroxyl groups excluding tert-OH is 3. The molecule has 0 aromatic rings. The SMILES string of the molecule is C/C=C(/C)C(=O)O[C@H]1C[C@@]2(COC(=O)C(C)CC)C(C[C@]1(O)S)C1=CCC3[C@@](C)(CCC4[C@]3(C)CC[C@H](O)[C@@]4(C)S)C1[C@@H](O)[C@H]2O. The van der Waals surface area contributed by atoms with Gasteiger partial charge in [-0.15, -0.1) is 12.6 Å². The van der Waals surface area contributed by atoms with Gasteiger partial charge in [0.1, 0.15) is 17.6 Å². The van der Waals surface area contributed by atoms with Crippen LogP contribution in [0.3, 0.4) is 0 Å². The minimum Gasteiger partial charge on any atom is -0.465 e. The van der Waals surface area contributed by atoms with E-state index in [9.17, 15) is 30.0 Å². The average Bonchev–Trinajstić information content (AvgIpc) is 3.00. The van der Waals surface area contributed by atoms with Gasteiger partial charge in [-0.3, -0.25) is 4.79 Å². The van der Waals surface area contributed by atoms with Gasteiger partial charge in [0.05, 0.1) is 24.2 Å². The summed E-state index contributed by atoms with van der Waals surface area (Å²) in [6, 6.07) is 0. The first-order chi connectivity index (χ1) is 21.3. The number of aliphatic hydroxyl groups is 4. The van der Waals surface area contributed by atoms with E-state index in [-0.39, 0.29) is 48.0 Å². The Morgan fingerprint density at radius 2 is 1.72 bits per heavy atom. The molecule has 5 unspecified atom stereocenters. The van der Waals surface area contributed by atoms with E-state index in [1.807, 2.05) is 6.92 Å². The topological polar surface area (TPSA) is 134 Å². The molecule has 5 aliphatic carbocycles. The van der Waals surface area contributed by atoms with Crippen molar-refractivity contribution < 1.29 is 39.5 Å². The van der Waals surface area contributed by atoms with E-state index >= 15 is 0 Å². The second-order valence-corrected chi connectivity index (χ2v) is 17.9. The summed E-state index contributed by atoms with van der Waals surface area (Å²) in [7, 11) is 0. The molecule has 4 fully saturated rings. The standard InChI is InChI=1S/C36H56O8S2/c1-8-19(3)30(40)43-18-35-17-26(44-31(41)20(4)9-2)36(42,46)16-22(35)21-10-11-23-32(5)15-13-25(37)34(7,45)24(32)12-14-33(23,6)27(21)28(38)29(35)39/h9-10,19,22-29,37-39,42,45-46H,8,11-18H2,1-7H3/b20-9-/t19?,22?,23?,24?,25-,26-,27?,28+,29+,32+,33+,34-,35+,36-/m0/s1. The molecule has 260 valence electrons. The van der Waals surface area contributed by atoms with Crippen LogP contribution in [0.5, 0.6) is 0 Å². The largest absolute Gasteiger partial charge is 0.465 e. The highest BCUT2D eigenvalue weighted by atomic mass is 32.1. The van der Waals surface area contributed by atoms with Crippen LogP contribution in [0.4, 0.5) is 0 Å². The van der Waals surface area contributed by atoms with Gasteiger partial charge in [-0.1, -0.05) is 45.4 Å². The molecule has 0 aromatic carbocycles. The molecule has 14 atom stereocenters. The van der Waals surface area contributed by atoms with Gasteiger partial charge in [-0.25, -0.2) is 4.79 Å². The van der Waals surface area contributed by atoms with Gasteiger partial charge in [0.15, 0.2) is 0 Å². The smallest absolute Gasteiger partial charge is 0.333 e. The van der Waals surface area contributed by atoms with Crippen molar-refractivity contribution in [2.75, 3.05) is 6.61 Å². The summed E-state index contributed by atoms with van der Waals surface area (Å²) in [6.45, 7) is 13.5. The number of carbonyl (C=O) groups excluding carboxylic acids is 2. The van der Waals surface area contributed by atoms with Crippen molar-refractivity contribution >= 4 is 37.2 Å². The fraction of sp³-hybridized carbons (Fsp3) is 0.833. The lowest BCUT2D eigenvalue weighted by atomic mass is 9.38. The van der Waals surface area contributed by atoms with E-state index in [0.717, 1.165) is 31.3 Å². The molecule has 0 amide bonds. The Bertz CT molecular complexity index is 1280. The molecule has 46 heavy (non-hydrogen) atoms. The van der Waals surface area contributed by atoms with Gasteiger partial charge < -0.3 is 29.9 Å². The molecule has 8 nitrogen and oxygen atoms in total. The van der Waals surface area contributed by atoms with Crippen LogP contribution in [0, 0.1) is 45.8 Å². The number of fused-ring (bicyclic) bond motifs is 7. The number of esters is 2. The molecule has 5 aliphatic rings. The fourth-order valence-electron chi connectivity index (χ4n) is 10.7. The highest BCUT2D eigenvalue weighted by Gasteiger charge is 2.70. The zero-order chi connectivity index (χ0) is 34.2. The highest BCUT2D eigenvalue weighted by Crippen LogP contribution is 2.71. The summed E-state index contributed by atoms with van der Waals surface area (Å²) in [6.07, 6.45) is 4.27. The molecule has 0 bridgehead atoms. The highest BCUT2D eigenvalue weighted by molar-refractivity contribution is 7.82. The lowest BCUT2D eigenvalue weighted by molar-refractivity contribution is -0.235. The van der Waals surface area contributed by atoms with Crippen LogP contribution in [0.15, 0.2) is 23.3 Å². The fourth-order valence-corrected chi connectivity index (χ4v) is 11.6. The van der Waals surface area contributed by atoms with Crippen LogP contribution in [-0.4, -0.2) is 73.1 Å². The van der Waals surface area contributed by atoms with Crippen LogP contribution in [0.25, 0.3) is 0 Å². The van der Waals surface area contributed by atoms with Gasteiger partial charge in [0.2, 0.25) is 0 Å². The van der Waals surface area contributed by atoms with Crippen LogP contribution in [-0.2, 0) is 19.1 Å². The van der Waals surface area contributed by atoms with E-state index in [1.165, 1.54) is 0 Å². The van der Waals surface area contributed by atoms with Crippen molar-refractivity contribution in [2.24, 2.45) is 45.8 Å². The van der Waals surface area contributed by atoms with Crippen LogP contribution in [0.1, 0.15) is 99.8 Å². The number of hydrogen-bond donors (Lipinski definition) is 6. The number of thiol groups is 2. The van der Waals surface area contributed by atoms with Crippen LogP contribution >= 0.6 is 25.3 Å². The molecular formula is C36H56O8S2. The molecule has 0 saturated heterocycles. The van der Waals surface area contributed by atoms with E-state index in [2.05, 4.69) is 39.5 Å². The summed E-state index contributed by atoms with van der Waals surface area (Å²) in [5.74, 6) is -1.84. The van der Waals surface area contributed by atoms with Crippen LogP contribution in [0.2, 0.25) is 0 Å². The number of ether oxygens (including phenoxy) is 2. The maximum atomic E-state index is 13.0. The Kier molecular flexibility index (Phi) is 9.75. The van der Waals surface area contributed by atoms with Crippen molar-refractivity contribution in [1.29, 1.82) is 0 Å². The predicted molar refractivity (Wildman–Crippen MR) is 182 cm³/mol. The molecule has 0 heterocycles. The second-order valence-electron chi connectivity index (χ2n) is 16.1. The lowest BCUT2D eigenvalue weighted by Crippen LogP contribution is -2.70. The summed E-state index contributed by atoms with van der Waals surface area (Å²) in [5, 5.41) is 47.2. The lowest BCUT2D eigenvalue weighted by Gasteiger charge is -2.69. The first kappa shape index (κ1) is 36.2. The molecule has 10 heteroatoms. The zero-order valence-corrected chi connectivity index (χ0v) is 30.3. The van der Waals surface area contributed by atoms with Crippen LogP contribution < -0.4 is 0 Å². The van der Waals surface area contributed by atoms with Gasteiger partial charge >= 0.3 is 11.9 Å². The Morgan fingerprint density at radius 1 is 1.07 bits per heavy atom. The summed E-state index contributed by atoms with van der Waals surface area (Å²) < 4.78 is 11.2. The Labute approximate surface area is 285 Å². The second kappa shape index (κ2) is 12.4. The van der Waals surface area contributed by atoms with Gasteiger partial charge in [0, 0.05) is 28.1 Å². The van der Waals surface area contributed by atoms with E-state index in [4.69, 9.17) is 22.1 Å². The van der Waals surface area contributed by atoms with E-state index in [0.29, 0.717) is 18.4 Å². The third-order valence-corrected chi connectivity index (χ3v) is 14.9. The third kappa shape index (κ3) is 5.44. The van der Waals surface area contributed by atoms with E-state index in [1.54, 1.807) is 26.8 Å². The molecule has 5 rings (SSSR count). The normalized spacial score (nSPS) is 49.3. The summed E-state index contributed by atoms with van der Waals surface area (Å²) >= 11 is 9.70. The quantitative estimate of drug-likeness (QED) is 0.0757. The number of rotatable bonds is 6. The molecule has 0 radical (unpaired) electrons. The van der Waals surface area contributed by atoms with Crippen molar-refractivity contribution in [2.45, 2.75) is 134 Å². The number of hydrogen-bond acceptors (Lipinski definition) is 10. The molecule has 4 N–H and O–H groups in total. The summed E-state index contributed by atoms with van der Waals surface area (Å²) in [5.41, 5.74) is -0.376. The average molecular weight is 681 g/mol. The van der Waals surface area contributed by atoms with Crippen molar-refractivity contribution in [1.82, 2.24) is 0 Å². The third-order valence-electron chi connectivity index (χ3n) is 13.8. The van der Waals surface area contributed by atoms with Gasteiger partial charge in [0.25, 0.3) is 0 Å². The first-order valence-corrected chi connectivity index (χ1v) is 18.1. The Balaban J connectivity index is 1.58. The van der Waals surface area contributed by atoms with Crippen molar-refractivity contribution in [3.63, 3.8) is 0 Å². The maximum Gasteiger partial charge on any atom is 0.333 e. The minimum absolute atomic E-state index is 0.0354. The zero-order valence-electron chi connectivity index (χ0n) is 28.5.